The van der Waals surface area contributed by atoms with Crippen LogP contribution in [0.1, 0.15) is 42.6 Å². The maximum Gasteiger partial charge on any atom is 0.181 e. The molecule has 0 bridgehead atoms. The van der Waals surface area contributed by atoms with Crippen molar-refractivity contribution >= 4 is 21.7 Å². The van der Waals surface area contributed by atoms with Crippen molar-refractivity contribution in [1.82, 2.24) is 9.88 Å². The lowest BCUT2D eigenvalue weighted by atomic mass is 10.1. The molecule has 1 saturated heterocycles. The van der Waals surface area contributed by atoms with Crippen LogP contribution in [0, 0.1) is 0 Å². The molecule has 0 atom stereocenters. The highest BCUT2D eigenvalue weighted by Gasteiger charge is 2.11. The number of hydrogen-bond acceptors (Lipinski definition) is 3. The highest BCUT2D eigenvalue weighted by atomic mass is 79.9. The van der Waals surface area contributed by atoms with Gasteiger partial charge in [0.2, 0.25) is 0 Å². The van der Waals surface area contributed by atoms with Gasteiger partial charge in [0.1, 0.15) is 10.3 Å². The molecular formula is C14H19BrN2O. The predicted octanol–water partition coefficient (Wildman–Crippen LogP) is 3.29. The number of carbonyl (C=O) groups is 1. The summed E-state index contributed by atoms with van der Waals surface area (Å²) in [7, 11) is 0. The van der Waals surface area contributed by atoms with Crippen LogP contribution in [0.4, 0.5) is 0 Å². The van der Waals surface area contributed by atoms with Gasteiger partial charge in [-0.15, -0.1) is 0 Å². The van der Waals surface area contributed by atoms with E-state index in [-0.39, 0.29) is 5.78 Å². The van der Waals surface area contributed by atoms with Crippen molar-refractivity contribution in [2.45, 2.75) is 32.1 Å². The zero-order valence-corrected chi connectivity index (χ0v) is 12.2. The van der Waals surface area contributed by atoms with Crippen LogP contribution in [0.15, 0.2) is 22.8 Å². The summed E-state index contributed by atoms with van der Waals surface area (Å²) in [5.74, 6) is 0.147. The molecule has 1 aromatic rings. The lowest BCUT2D eigenvalue weighted by molar-refractivity contribution is 0.0968. The Hall–Kier alpha value is -0.740. The van der Waals surface area contributed by atoms with Crippen LogP contribution < -0.4 is 0 Å². The number of halogens is 1. The number of rotatable bonds is 5. The van der Waals surface area contributed by atoms with Crippen LogP contribution in [-0.2, 0) is 0 Å². The zero-order valence-electron chi connectivity index (χ0n) is 10.6. The van der Waals surface area contributed by atoms with Gasteiger partial charge < -0.3 is 4.90 Å². The molecule has 0 N–H and O–H groups in total. The van der Waals surface area contributed by atoms with Crippen LogP contribution in [-0.4, -0.2) is 35.3 Å². The molecular weight excluding hydrogens is 292 g/mol. The number of carbonyl (C=O) groups excluding carboxylic acids is 1. The monoisotopic (exact) mass is 310 g/mol. The van der Waals surface area contributed by atoms with Gasteiger partial charge in [-0.3, -0.25) is 4.79 Å². The number of piperidine rings is 1. The van der Waals surface area contributed by atoms with Crippen molar-refractivity contribution in [1.29, 1.82) is 0 Å². The van der Waals surface area contributed by atoms with Gasteiger partial charge in [0, 0.05) is 6.42 Å². The van der Waals surface area contributed by atoms with Crippen LogP contribution in [0.5, 0.6) is 0 Å². The fourth-order valence-electron chi connectivity index (χ4n) is 2.34. The molecule has 0 spiro atoms. The second-order valence-electron chi connectivity index (χ2n) is 4.77. The highest BCUT2D eigenvalue weighted by Crippen LogP contribution is 2.12. The summed E-state index contributed by atoms with van der Waals surface area (Å²) in [6.45, 7) is 3.44. The van der Waals surface area contributed by atoms with Crippen molar-refractivity contribution in [2.75, 3.05) is 19.6 Å². The number of ketones is 1. The summed E-state index contributed by atoms with van der Waals surface area (Å²) in [6.07, 6.45) is 5.51. The molecule has 0 amide bonds. The van der Waals surface area contributed by atoms with Gasteiger partial charge in [-0.05, 0) is 67.0 Å². The number of aromatic nitrogens is 1. The number of nitrogens with zero attached hydrogens (tertiary/aromatic N) is 2. The fourth-order valence-corrected chi connectivity index (χ4v) is 2.68. The molecule has 1 aliphatic heterocycles. The number of pyridine rings is 1. The Kier molecular flexibility index (Phi) is 5.32. The van der Waals surface area contributed by atoms with Crippen molar-refractivity contribution < 1.29 is 4.79 Å². The van der Waals surface area contributed by atoms with E-state index in [1.165, 1.54) is 32.4 Å². The van der Waals surface area contributed by atoms with Gasteiger partial charge in [-0.1, -0.05) is 12.5 Å². The summed E-state index contributed by atoms with van der Waals surface area (Å²) >= 11 is 3.29. The molecule has 1 fully saturated rings. The standard InChI is InChI=1S/C14H19BrN2O/c15-14-8-4-6-12(16-14)13(18)7-5-11-17-9-2-1-3-10-17/h4,6,8H,1-3,5,7,9-11H2. The Morgan fingerprint density at radius 1 is 1.28 bits per heavy atom. The molecule has 0 aliphatic carbocycles. The third kappa shape index (κ3) is 4.18. The molecule has 0 aromatic carbocycles. The minimum Gasteiger partial charge on any atom is -0.303 e. The zero-order chi connectivity index (χ0) is 12.8. The van der Waals surface area contributed by atoms with E-state index in [1.807, 2.05) is 12.1 Å². The van der Waals surface area contributed by atoms with Crippen molar-refractivity contribution in [3.05, 3.63) is 28.5 Å². The molecule has 0 unspecified atom stereocenters. The number of Topliss-reactive ketones (excluding diaryl/α,β-unsaturated/α-hetero) is 1. The summed E-state index contributed by atoms with van der Waals surface area (Å²) in [4.78, 5) is 18.6. The highest BCUT2D eigenvalue weighted by molar-refractivity contribution is 9.10. The molecule has 4 heteroatoms. The third-order valence-corrected chi connectivity index (χ3v) is 3.77. The Balaban J connectivity index is 1.74. The molecule has 2 heterocycles. The lowest BCUT2D eigenvalue weighted by Crippen LogP contribution is -2.30. The van der Waals surface area contributed by atoms with Crippen LogP contribution in [0.3, 0.4) is 0 Å². The largest absolute Gasteiger partial charge is 0.303 e. The normalized spacial score (nSPS) is 16.7. The van der Waals surface area contributed by atoms with Crippen LogP contribution in [0.2, 0.25) is 0 Å². The molecule has 18 heavy (non-hydrogen) atoms. The van der Waals surface area contributed by atoms with Crippen molar-refractivity contribution in [3.63, 3.8) is 0 Å². The van der Waals surface area contributed by atoms with E-state index < -0.39 is 0 Å². The van der Waals surface area contributed by atoms with Crippen LogP contribution >= 0.6 is 15.9 Å². The van der Waals surface area contributed by atoms with Gasteiger partial charge in [0.15, 0.2) is 5.78 Å². The van der Waals surface area contributed by atoms with E-state index in [1.54, 1.807) is 6.07 Å². The van der Waals surface area contributed by atoms with E-state index in [0.29, 0.717) is 12.1 Å². The first-order chi connectivity index (χ1) is 8.75. The molecule has 2 rings (SSSR count). The van der Waals surface area contributed by atoms with Gasteiger partial charge in [-0.25, -0.2) is 4.98 Å². The number of hydrogen-bond donors (Lipinski definition) is 0. The van der Waals surface area contributed by atoms with E-state index in [4.69, 9.17) is 0 Å². The molecule has 1 aromatic heterocycles. The lowest BCUT2D eigenvalue weighted by Gasteiger charge is -2.26. The third-order valence-electron chi connectivity index (χ3n) is 3.33. The van der Waals surface area contributed by atoms with Gasteiger partial charge in [-0.2, -0.15) is 0 Å². The predicted molar refractivity (Wildman–Crippen MR) is 75.8 cm³/mol. The molecule has 0 radical (unpaired) electrons. The molecule has 1 aliphatic rings. The van der Waals surface area contributed by atoms with E-state index in [2.05, 4.69) is 25.8 Å². The number of likely N-dealkylation sites (tertiary alicyclic amines) is 1. The summed E-state index contributed by atoms with van der Waals surface area (Å²) < 4.78 is 0.726. The first kappa shape index (κ1) is 13.7. The van der Waals surface area contributed by atoms with Crippen molar-refractivity contribution in [2.24, 2.45) is 0 Å². The second-order valence-corrected chi connectivity index (χ2v) is 5.59. The Labute approximate surface area is 117 Å². The molecule has 0 saturated carbocycles. The topological polar surface area (TPSA) is 33.2 Å². The smallest absolute Gasteiger partial charge is 0.181 e. The SMILES string of the molecule is O=C(CCCN1CCCCC1)c1cccc(Br)n1. The van der Waals surface area contributed by atoms with Gasteiger partial charge in [0.25, 0.3) is 0 Å². The summed E-state index contributed by atoms with van der Waals surface area (Å²) in [5.41, 5.74) is 0.572. The molecule has 98 valence electrons. The maximum atomic E-state index is 11.9. The summed E-state index contributed by atoms with van der Waals surface area (Å²) in [6, 6.07) is 5.48. The first-order valence-electron chi connectivity index (χ1n) is 6.64. The Bertz CT molecular complexity index is 403. The van der Waals surface area contributed by atoms with Crippen LogP contribution in [0.25, 0.3) is 0 Å². The van der Waals surface area contributed by atoms with E-state index in [0.717, 1.165) is 17.6 Å². The van der Waals surface area contributed by atoms with Gasteiger partial charge >= 0.3 is 0 Å². The first-order valence-corrected chi connectivity index (χ1v) is 7.43. The van der Waals surface area contributed by atoms with Crippen molar-refractivity contribution in [3.8, 4) is 0 Å². The average Bonchev–Trinajstić information content (AvgIpc) is 2.40. The maximum absolute atomic E-state index is 11.9. The minimum atomic E-state index is 0.147. The fraction of sp³-hybridized carbons (Fsp3) is 0.571. The average molecular weight is 311 g/mol. The summed E-state index contributed by atoms with van der Waals surface area (Å²) in [5, 5.41) is 0. The Morgan fingerprint density at radius 3 is 2.78 bits per heavy atom. The minimum absolute atomic E-state index is 0.147. The molecule has 3 nitrogen and oxygen atoms in total. The van der Waals surface area contributed by atoms with E-state index in [9.17, 15) is 4.79 Å². The van der Waals surface area contributed by atoms with E-state index >= 15 is 0 Å². The quantitative estimate of drug-likeness (QED) is 0.618. The second kappa shape index (κ2) is 7.00. The van der Waals surface area contributed by atoms with Gasteiger partial charge in [0.05, 0.1) is 0 Å². The Morgan fingerprint density at radius 2 is 2.06 bits per heavy atom.